The van der Waals surface area contributed by atoms with Crippen molar-refractivity contribution in [2.24, 2.45) is 5.92 Å². The van der Waals surface area contributed by atoms with E-state index in [-0.39, 0.29) is 0 Å². The number of alkyl halides is 1. The van der Waals surface area contributed by atoms with Crippen LogP contribution in [0.4, 0.5) is 5.69 Å². The van der Waals surface area contributed by atoms with Gasteiger partial charge in [-0.25, -0.2) is 0 Å². The molecule has 76 valence electrons. The summed E-state index contributed by atoms with van der Waals surface area (Å²) in [6.45, 7) is 4.56. The molecular weight excluding hydrogens is 196 g/mol. The normalized spacial score (nSPS) is 21.6. The van der Waals surface area contributed by atoms with E-state index in [9.17, 15) is 0 Å². The lowest BCUT2D eigenvalue weighted by Crippen LogP contribution is -2.20. The summed E-state index contributed by atoms with van der Waals surface area (Å²) in [6, 6.07) is 2.01. The zero-order valence-electron chi connectivity index (χ0n) is 8.41. The van der Waals surface area contributed by atoms with Crippen LogP contribution in [0.5, 0.6) is 0 Å². The number of hydrogen-bond donors (Lipinski definition) is 0. The van der Waals surface area contributed by atoms with Gasteiger partial charge in [0.05, 0.1) is 11.9 Å². The van der Waals surface area contributed by atoms with Gasteiger partial charge in [-0.3, -0.25) is 4.98 Å². The Morgan fingerprint density at radius 1 is 1.64 bits per heavy atom. The number of pyridine rings is 1. The molecule has 0 radical (unpaired) electrons. The smallest absolute Gasteiger partial charge is 0.0597 e. The Kier molecular flexibility index (Phi) is 2.92. The molecule has 1 aromatic heterocycles. The zero-order valence-corrected chi connectivity index (χ0v) is 9.17. The molecule has 3 heteroatoms. The molecule has 0 aromatic carbocycles. The van der Waals surface area contributed by atoms with E-state index in [1.165, 1.54) is 17.7 Å². The van der Waals surface area contributed by atoms with Gasteiger partial charge in [-0.15, -0.1) is 11.6 Å². The van der Waals surface area contributed by atoms with Crippen molar-refractivity contribution in [2.45, 2.75) is 19.2 Å². The monoisotopic (exact) mass is 210 g/mol. The summed E-state index contributed by atoms with van der Waals surface area (Å²) in [6.07, 6.45) is 5.01. The molecule has 1 unspecified atom stereocenters. The lowest BCUT2D eigenvalue weighted by molar-refractivity contribution is 0.659. The highest BCUT2D eigenvalue weighted by Gasteiger charge is 2.20. The highest BCUT2D eigenvalue weighted by Crippen LogP contribution is 2.26. The van der Waals surface area contributed by atoms with Crippen LogP contribution < -0.4 is 4.90 Å². The molecule has 0 spiro atoms. The molecule has 1 fully saturated rings. The topological polar surface area (TPSA) is 16.1 Å². The summed E-state index contributed by atoms with van der Waals surface area (Å²) in [5, 5.41) is 0. The summed E-state index contributed by atoms with van der Waals surface area (Å²) in [4.78, 5) is 6.55. The Morgan fingerprint density at radius 2 is 2.50 bits per heavy atom. The van der Waals surface area contributed by atoms with Crippen LogP contribution in [0.2, 0.25) is 0 Å². The molecule has 0 saturated carbocycles. The van der Waals surface area contributed by atoms with Crippen molar-refractivity contribution in [3.8, 4) is 0 Å². The first-order chi connectivity index (χ1) is 6.81. The highest BCUT2D eigenvalue weighted by atomic mass is 35.5. The van der Waals surface area contributed by atoms with E-state index in [2.05, 4.69) is 16.8 Å². The number of rotatable bonds is 2. The van der Waals surface area contributed by atoms with Crippen molar-refractivity contribution in [3.05, 3.63) is 24.0 Å². The lowest BCUT2D eigenvalue weighted by atomic mass is 10.2. The van der Waals surface area contributed by atoms with E-state index in [0.717, 1.165) is 19.0 Å². The van der Waals surface area contributed by atoms with Crippen molar-refractivity contribution in [1.29, 1.82) is 0 Å². The van der Waals surface area contributed by atoms with Crippen LogP contribution in [-0.4, -0.2) is 18.1 Å². The summed E-state index contributed by atoms with van der Waals surface area (Å²) in [7, 11) is 0. The SMILES string of the molecule is CC1CCN(c2cnccc2CCl)C1. The van der Waals surface area contributed by atoms with Crippen molar-refractivity contribution in [1.82, 2.24) is 4.98 Å². The van der Waals surface area contributed by atoms with Crippen LogP contribution in [0.25, 0.3) is 0 Å². The average Bonchev–Trinajstić information content (AvgIpc) is 2.65. The molecule has 2 heterocycles. The maximum absolute atomic E-state index is 5.89. The third-order valence-electron chi connectivity index (χ3n) is 2.80. The van der Waals surface area contributed by atoms with E-state index in [1.807, 2.05) is 12.3 Å². The molecule has 0 bridgehead atoms. The Morgan fingerprint density at radius 3 is 3.14 bits per heavy atom. The number of hydrogen-bond acceptors (Lipinski definition) is 2. The van der Waals surface area contributed by atoms with Crippen LogP contribution >= 0.6 is 11.6 Å². The van der Waals surface area contributed by atoms with Crippen LogP contribution in [-0.2, 0) is 5.88 Å². The zero-order chi connectivity index (χ0) is 9.97. The molecule has 0 aliphatic carbocycles. The third kappa shape index (κ3) is 1.85. The fourth-order valence-corrected chi connectivity index (χ4v) is 2.19. The first kappa shape index (κ1) is 9.78. The van der Waals surface area contributed by atoms with Crippen molar-refractivity contribution >= 4 is 17.3 Å². The van der Waals surface area contributed by atoms with E-state index in [4.69, 9.17) is 11.6 Å². The van der Waals surface area contributed by atoms with Gasteiger partial charge >= 0.3 is 0 Å². The minimum Gasteiger partial charge on any atom is -0.370 e. The molecule has 1 aliphatic rings. The number of aromatic nitrogens is 1. The second-order valence-corrected chi connectivity index (χ2v) is 4.25. The molecule has 1 aromatic rings. The number of nitrogens with zero attached hydrogens (tertiary/aromatic N) is 2. The molecular formula is C11H15ClN2. The highest BCUT2D eigenvalue weighted by molar-refractivity contribution is 6.17. The van der Waals surface area contributed by atoms with Crippen LogP contribution in [0.15, 0.2) is 18.5 Å². The maximum atomic E-state index is 5.89. The van der Waals surface area contributed by atoms with E-state index in [1.54, 1.807) is 6.20 Å². The molecule has 1 atom stereocenters. The third-order valence-corrected chi connectivity index (χ3v) is 3.08. The predicted molar refractivity (Wildman–Crippen MR) is 59.8 cm³/mol. The summed E-state index contributed by atoms with van der Waals surface area (Å²) < 4.78 is 0. The number of anilines is 1. The molecule has 1 saturated heterocycles. The largest absolute Gasteiger partial charge is 0.370 e. The van der Waals surface area contributed by atoms with Crippen molar-refractivity contribution in [3.63, 3.8) is 0 Å². The summed E-state index contributed by atoms with van der Waals surface area (Å²) >= 11 is 5.89. The van der Waals surface area contributed by atoms with Gasteiger partial charge < -0.3 is 4.90 Å². The second kappa shape index (κ2) is 4.18. The second-order valence-electron chi connectivity index (χ2n) is 3.98. The van der Waals surface area contributed by atoms with Gasteiger partial charge in [-0.2, -0.15) is 0 Å². The summed E-state index contributed by atoms with van der Waals surface area (Å²) in [5.74, 6) is 1.36. The van der Waals surface area contributed by atoms with Gasteiger partial charge in [-0.05, 0) is 24.0 Å². The minimum atomic E-state index is 0.572. The molecule has 0 amide bonds. The standard InChI is InChI=1S/C11H15ClN2/c1-9-3-5-14(8-9)11-7-13-4-2-10(11)6-12/h2,4,7,9H,3,5-6,8H2,1H3. The van der Waals surface area contributed by atoms with Gasteiger partial charge in [-0.1, -0.05) is 6.92 Å². The van der Waals surface area contributed by atoms with Gasteiger partial charge in [0.1, 0.15) is 0 Å². The van der Waals surface area contributed by atoms with Gasteiger partial charge in [0.15, 0.2) is 0 Å². The minimum absolute atomic E-state index is 0.572. The first-order valence-corrected chi connectivity index (χ1v) is 5.58. The van der Waals surface area contributed by atoms with E-state index >= 15 is 0 Å². The van der Waals surface area contributed by atoms with Gasteiger partial charge in [0, 0.05) is 25.2 Å². The molecule has 2 nitrogen and oxygen atoms in total. The molecule has 14 heavy (non-hydrogen) atoms. The fourth-order valence-electron chi connectivity index (χ4n) is 1.97. The molecule has 1 aliphatic heterocycles. The fraction of sp³-hybridized carbons (Fsp3) is 0.545. The maximum Gasteiger partial charge on any atom is 0.0597 e. The average molecular weight is 211 g/mol. The van der Waals surface area contributed by atoms with Crippen LogP contribution in [0.1, 0.15) is 18.9 Å². The van der Waals surface area contributed by atoms with Crippen molar-refractivity contribution < 1.29 is 0 Å². The lowest BCUT2D eigenvalue weighted by Gasteiger charge is -2.20. The predicted octanol–water partition coefficient (Wildman–Crippen LogP) is 2.67. The Labute approximate surface area is 89.9 Å². The molecule has 2 rings (SSSR count). The Bertz CT molecular complexity index is 314. The van der Waals surface area contributed by atoms with E-state index < -0.39 is 0 Å². The number of halogens is 1. The quantitative estimate of drug-likeness (QED) is 0.698. The van der Waals surface area contributed by atoms with E-state index in [0.29, 0.717) is 5.88 Å². The summed E-state index contributed by atoms with van der Waals surface area (Å²) in [5.41, 5.74) is 2.41. The Hall–Kier alpha value is -0.760. The van der Waals surface area contributed by atoms with Crippen LogP contribution in [0, 0.1) is 5.92 Å². The molecule has 0 N–H and O–H groups in total. The Balaban J connectivity index is 2.22. The first-order valence-electron chi connectivity index (χ1n) is 5.05. The van der Waals surface area contributed by atoms with Gasteiger partial charge in [0.25, 0.3) is 0 Å². The van der Waals surface area contributed by atoms with Crippen molar-refractivity contribution in [2.75, 3.05) is 18.0 Å². The van der Waals surface area contributed by atoms with Gasteiger partial charge in [0.2, 0.25) is 0 Å². The van der Waals surface area contributed by atoms with Crippen LogP contribution in [0.3, 0.4) is 0 Å².